The van der Waals surface area contributed by atoms with Gasteiger partial charge in [-0.05, 0) is 6.07 Å². The summed E-state index contributed by atoms with van der Waals surface area (Å²) in [5, 5.41) is 10.5. The monoisotopic (exact) mass is 174 g/mol. The molecule has 0 saturated heterocycles. The molecule has 1 aromatic heterocycles. The summed E-state index contributed by atoms with van der Waals surface area (Å²) in [5.41, 5.74) is 1.56. The first-order chi connectivity index (χ1) is 6.33. The van der Waals surface area contributed by atoms with Crippen molar-refractivity contribution < 1.29 is 9.52 Å². The van der Waals surface area contributed by atoms with Gasteiger partial charge in [0, 0.05) is 10.9 Å². The molecule has 0 bridgehead atoms. The second kappa shape index (κ2) is 3.07. The summed E-state index contributed by atoms with van der Waals surface area (Å²) in [6, 6.07) is 7.60. The zero-order valence-electron chi connectivity index (χ0n) is 7.10. The molecule has 0 saturated carbocycles. The van der Waals surface area contributed by atoms with Crippen molar-refractivity contribution in [2.45, 2.75) is 6.10 Å². The average Bonchev–Trinajstić information content (AvgIpc) is 2.60. The first-order valence-electron chi connectivity index (χ1n) is 4.09. The fourth-order valence-corrected chi connectivity index (χ4v) is 1.35. The number of furan rings is 1. The highest BCUT2D eigenvalue weighted by Gasteiger charge is 2.10. The van der Waals surface area contributed by atoms with E-state index >= 15 is 0 Å². The Labute approximate surface area is 76.1 Å². The van der Waals surface area contributed by atoms with Crippen molar-refractivity contribution >= 4 is 11.0 Å². The Hall–Kier alpha value is -1.54. The zero-order chi connectivity index (χ0) is 9.26. The third kappa shape index (κ3) is 1.25. The van der Waals surface area contributed by atoms with Crippen LogP contribution in [0.4, 0.5) is 0 Å². The van der Waals surface area contributed by atoms with E-state index < -0.39 is 6.10 Å². The van der Waals surface area contributed by atoms with E-state index in [0.29, 0.717) is 0 Å². The molecule has 13 heavy (non-hydrogen) atoms. The van der Waals surface area contributed by atoms with Gasteiger partial charge in [0.2, 0.25) is 0 Å². The molecule has 0 aliphatic rings. The largest absolute Gasteiger partial charge is 0.464 e. The van der Waals surface area contributed by atoms with Crippen LogP contribution in [0.25, 0.3) is 11.0 Å². The molecule has 1 N–H and O–H groups in total. The second-order valence-electron chi connectivity index (χ2n) is 2.87. The summed E-state index contributed by atoms with van der Waals surface area (Å²) in [4.78, 5) is 0. The standard InChI is InChI=1S/C11H10O2/c1-2-10(12)9-7-13-11-6-4-3-5-8(9)11/h2-7,10,12H,1H2. The van der Waals surface area contributed by atoms with Crippen LogP contribution in [-0.2, 0) is 0 Å². The number of hydrogen-bond donors (Lipinski definition) is 1. The van der Waals surface area contributed by atoms with E-state index in [4.69, 9.17) is 4.42 Å². The maximum atomic E-state index is 9.54. The minimum Gasteiger partial charge on any atom is -0.464 e. The number of aliphatic hydroxyl groups is 1. The Bertz CT molecular complexity index is 428. The van der Waals surface area contributed by atoms with Crippen LogP contribution in [0, 0.1) is 0 Å². The van der Waals surface area contributed by atoms with Gasteiger partial charge in [-0.3, -0.25) is 0 Å². The van der Waals surface area contributed by atoms with Gasteiger partial charge in [-0.1, -0.05) is 24.3 Å². The molecule has 2 rings (SSSR count). The number of hydrogen-bond acceptors (Lipinski definition) is 2. The lowest BCUT2D eigenvalue weighted by atomic mass is 10.1. The molecule has 2 heteroatoms. The Morgan fingerprint density at radius 3 is 2.92 bits per heavy atom. The van der Waals surface area contributed by atoms with E-state index in [1.54, 1.807) is 6.26 Å². The summed E-state index contributed by atoms with van der Waals surface area (Å²) in [6.45, 7) is 3.53. The minimum absolute atomic E-state index is 0.649. The van der Waals surface area contributed by atoms with Crippen LogP contribution in [0.15, 0.2) is 47.6 Å². The van der Waals surface area contributed by atoms with Crippen molar-refractivity contribution in [3.05, 3.63) is 48.7 Å². The highest BCUT2D eigenvalue weighted by molar-refractivity contribution is 5.81. The normalized spacial score (nSPS) is 13.0. The number of fused-ring (bicyclic) bond motifs is 1. The van der Waals surface area contributed by atoms with E-state index in [-0.39, 0.29) is 0 Å². The second-order valence-corrected chi connectivity index (χ2v) is 2.87. The summed E-state index contributed by atoms with van der Waals surface area (Å²) in [5.74, 6) is 0. The van der Waals surface area contributed by atoms with Crippen LogP contribution in [-0.4, -0.2) is 5.11 Å². The number of rotatable bonds is 2. The third-order valence-electron chi connectivity index (χ3n) is 2.05. The Morgan fingerprint density at radius 1 is 1.38 bits per heavy atom. The molecular weight excluding hydrogens is 164 g/mol. The van der Waals surface area contributed by atoms with Crippen LogP contribution in [0.5, 0.6) is 0 Å². The summed E-state index contributed by atoms with van der Waals surface area (Å²) in [6.07, 6.45) is 2.40. The molecule has 0 amide bonds. The van der Waals surface area contributed by atoms with Crippen LogP contribution in [0.3, 0.4) is 0 Å². The lowest BCUT2D eigenvalue weighted by molar-refractivity contribution is 0.229. The fourth-order valence-electron chi connectivity index (χ4n) is 1.35. The summed E-state index contributed by atoms with van der Waals surface area (Å²) < 4.78 is 5.26. The SMILES string of the molecule is C=CC(O)c1coc2ccccc12. The predicted molar refractivity (Wildman–Crippen MR) is 51.4 cm³/mol. The first kappa shape index (κ1) is 8.08. The van der Waals surface area contributed by atoms with E-state index in [2.05, 4.69) is 6.58 Å². The first-order valence-corrected chi connectivity index (χ1v) is 4.09. The van der Waals surface area contributed by atoms with Gasteiger partial charge >= 0.3 is 0 Å². The maximum absolute atomic E-state index is 9.54. The van der Waals surface area contributed by atoms with E-state index in [0.717, 1.165) is 16.5 Å². The van der Waals surface area contributed by atoms with Gasteiger partial charge in [-0.2, -0.15) is 0 Å². The zero-order valence-corrected chi connectivity index (χ0v) is 7.10. The Balaban J connectivity index is 2.64. The van der Waals surface area contributed by atoms with Gasteiger partial charge in [-0.15, -0.1) is 6.58 Å². The van der Waals surface area contributed by atoms with Gasteiger partial charge in [0.05, 0.1) is 6.26 Å². The molecule has 1 atom stereocenters. The van der Waals surface area contributed by atoms with E-state index in [1.807, 2.05) is 24.3 Å². The quantitative estimate of drug-likeness (QED) is 0.710. The molecule has 0 aliphatic carbocycles. The van der Waals surface area contributed by atoms with Crippen molar-refractivity contribution in [3.8, 4) is 0 Å². The van der Waals surface area contributed by atoms with Gasteiger partial charge in [0.25, 0.3) is 0 Å². The van der Waals surface area contributed by atoms with Crippen LogP contribution >= 0.6 is 0 Å². The summed E-state index contributed by atoms with van der Waals surface area (Å²) in [7, 11) is 0. The van der Waals surface area contributed by atoms with E-state index in [1.165, 1.54) is 6.08 Å². The molecule has 0 spiro atoms. The molecule has 2 aromatic rings. The fraction of sp³-hybridized carbons (Fsp3) is 0.0909. The van der Waals surface area contributed by atoms with Gasteiger partial charge < -0.3 is 9.52 Å². The topological polar surface area (TPSA) is 33.4 Å². The lowest BCUT2D eigenvalue weighted by Crippen LogP contribution is -1.89. The highest BCUT2D eigenvalue weighted by Crippen LogP contribution is 2.26. The molecule has 1 aromatic carbocycles. The van der Waals surface area contributed by atoms with Crippen LogP contribution < -0.4 is 0 Å². The van der Waals surface area contributed by atoms with Crippen molar-refractivity contribution in [1.82, 2.24) is 0 Å². The molecule has 0 aliphatic heterocycles. The molecule has 0 fully saturated rings. The highest BCUT2D eigenvalue weighted by atomic mass is 16.3. The molecular formula is C11H10O2. The number of aliphatic hydroxyl groups excluding tert-OH is 1. The van der Waals surface area contributed by atoms with Crippen molar-refractivity contribution in [1.29, 1.82) is 0 Å². The molecule has 66 valence electrons. The number of benzene rings is 1. The maximum Gasteiger partial charge on any atom is 0.134 e. The smallest absolute Gasteiger partial charge is 0.134 e. The molecule has 1 heterocycles. The number of para-hydroxylation sites is 1. The molecule has 2 nitrogen and oxygen atoms in total. The molecule has 1 unspecified atom stereocenters. The molecule has 0 radical (unpaired) electrons. The summed E-state index contributed by atoms with van der Waals surface area (Å²) >= 11 is 0. The lowest BCUT2D eigenvalue weighted by Gasteiger charge is -2.00. The van der Waals surface area contributed by atoms with Gasteiger partial charge in [0.15, 0.2) is 0 Å². The predicted octanol–water partition coefficient (Wildman–Crippen LogP) is 2.65. The van der Waals surface area contributed by atoms with Gasteiger partial charge in [-0.25, -0.2) is 0 Å². The van der Waals surface area contributed by atoms with Crippen LogP contribution in [0.1, 0.15) is 11.7 Å². The van der Waals surface area contributed by atoms with Gasteiger partial charge in [0.1, 0.15) is 11.7 Å². The van der Waals surface area contributed by atoms with Crippen LogP contribution in [0.2, 0.25) is 0 Å². The van der Waals surface area contributed by atoms with Crippen molar-refractivity contribution in [3.63, 3.8) is 0 Å². The minimum atomic E-state index is -0.649. The third-order valence-corrected chi connectivity index (χ3v) is 2.05. The van der Waals surface area contributed by atoms with Crippen molar-refractivity contribution in [2.24, 2.45) is 0 Å². The van der Waals surface area contributed by atoms with Crippen molar-refractivity contribution in [2.75, 3.05) is 0 Å². The Morgan fingerprint density at radius 2 is 2.15 bits per heavy atom. The Kier molecular flexibility index (Phi) is 1.91. The average molecular weight is 174 g/mol. The van der Waals surface area contributed by atoms with E-state index in [9.17, 15) is 5.11 Å².